The fourth-order valence-electron chi connectivity index (χ4n) is 4.22. The summed E-state index contributed by atoms with van der Waals surface area (Å²) < 4.78 is 5.44. The van der Waals surface area contributed by atoms with Gasteiger partial charge in [-0.1, -0.05) is 84.0 Å². The lowest BCUT2D eigenvalue weighted by molar-refractivity contribution is -0.119. The second kappa shape index (κ2) is 16.3. The molecule has 34 heavy (non-hydrogen) atoms. The minimum atomic E-state index is -0.375. The van der Waals surface area contributed by atoms with Gasteiger partial charge in [0.25, 0.3) is 5.91 Å². The molecule has 6 heteroatoms. The molecular formula is C28H45N3O3. The number of hydrazone groups is 1. The third-order valence-electron chi connectivity index (χ3n) is 6.34. The zero-order valence-electron chi connectivity index (χ0n) is 21.6. The lowest BCUT2D eigenvalue weighted by Gasteiger charge is -2.13. The Balaban J connectivity index is 1.55. The van der Waals surface area contributed by atoms with Crippen LogP contribution in [0.2, 0.25) is 0 Å². The maximum absolute atomic E-state index is 12.4. The van der Waals surface area contributed by atoms with Gasteiger partial charge in [-0.25, -0.2) is 0 Å². The minimum absolute atomic E-state index is 0.0401. The number of unbranched alkanes of at least 4 members (excludes halogenated alkanes) is 12. The Morgan fingerprint density at radius 1 is 0.882 bits per heavy atom. The molecule has 190 valence electrons. The van der Waals surface area contributed by atoms with Crippen molar-refractivity contribution in [2.45, 2.75) is 111 Å². The summed E-state index contributed by atoms with van der Waals surface area (Å²) in [6.07, 6.45) is 17.4. The number of rotatable bonds is 17. The van der Waals surface area contributed by atoms with E-state index in [-0.39, 0.29) is 17.7 Å². The Labute approximate surface area is 206 Å². The van der Waals surface area contributed by atoms with E-state index in [2.05, 4.69) is 17.3 Å². The summed E-state index contributed by atoms with van der Waals surface area (Å²) in [5.41, 5.74) is 1.40. The van der Waals surface area contributed by atoms with Crippen molar-refractivity contribution in [1.29, 1.82) is 0 Å². The number of carbonyl (C=O) groups excluding carboxylic acids is 2. The van der Waals surface area contributed by atoms with E-state index in [1.54, 1.807) is 19.1 Å². The van der Waals surface area contributed by atoms with Crippen molar-refractivity contribution in [3.8, 4) is 0 Å². The largest absolute Gasteiger partial charge is 0.479 e. The highest BCUT2D eigenvalue weighted by Crippen LogP contribution is 2.25. The van der Waals surface area contributed by atoms with Crippen molar-refractivity contribution in [1.82, 2.24) is 0 Å². The molecule has 0 aliphatic carbocycles. The van der Waals surface area contributed by atoms with Crippen LogP contribution < -0.4 is 10.3 Å². The number of benzene rings is 1. The quantitative estimate of drug-likeness (QED) is 0.240. The van der Waals surface area contributed by atoms with Gasteiger partial charge < -0.3 is 10.1 Å². The van der Waals surface area contributed by atoms with Gasteiger partial charge in [0.2, 0.25) is 11.8 Å². The molecule has 0 fully saturated rings. The Morgan fingerprint density at radius 3 is 1.94 bits per heavy atom. The molecule has 0 bridgehead atoms. The lowest BCUT2D eigenvalue weighted by atomic mass is 10.0. The van der Waals surface area contributed by atoms with E-state index in [1.165, 1.54) is 75.6 Å². The van der Waals surface area contributed by atoms with Crippen molar-refractivity contribution in [2.24, 2.45) is 11.0 Å². The van der Waals surface area contributed by atoms with Gasteiger partial charge in [-0.05, 0) is 44.5 Å². The molecule has 2 amide bonds. The van der Waals surface area contributed by atoms with Crippen LogP contribution in [0.4, 0.5) is 11.4 Å². The lowest BCUT2D eigenvalue weighted by Crippen LogP contribution is -2.26. The highest BCUT2D eigenvalue weighted by Gasteiger charge is 2.34. The Bertz CT molecular complexity index is 761. The van der Waals surface area contributed by atoms with Gasteiger partial charge in [-0.2, -0.15) is 5.01 Å². The molecule has 0 aromatic heterocycles. The zero-order valence-corrected chi connectivity index (χ0v) is 21.6. The molecule has 0 spiro atoms. The van der Waals surface area contributed by atoms with Crippen molar-refractivity contribution >= 4 is 29.1 Å². The van der Waals surface area contributed by atoms with E-state index in [9.17, 15) is 9.59 Å². The number of nitrogens with one attached hydrogen (secondary N) is 1. The third kappa shape index (κ3) is 9.86. The molecule has 1 N–H and O–H groups in total. The van der Waals surface area contributed by atoms with E-state index in [1.807, 2.05) is 19.1 Å². The average Bonchev–Trinajstić information content (AvgIpc) is 3.11. The first-order chi connectivity index (χ1) is 16.6. The summed E-state index contributed by atoms with van der Waals surface area (Å²) in [5, 5.41) is 8.61. The number of hydrogen-bond donors (Lipinski definition) is 1. The molecule has 0 radical (unpaired) electrons. The van der Waals surface area contributed by atoms with E-state index >= 15 is 0 Å². The van der Waals surface area contributed by atoms with Gasteiger partial charge in [-0.15, -0.1) is 5.10 Å². The zero-order chi connectivity index (χ0) is 24.6. The van der Waals surface area contributed by atoms with Gasteiger partial charge in [0.05, 0.1) is 12.3 Å². The van der Waals surface area contributed by atoms with Crippen LogP contribution in [0, 0.1) is 5.92 Å². The van der Waals surface area contributed by atoms with E-state index in [0.29, 0.717) is 24.6 Å². The number of carbonyl (C=O) groups is 2. The molecule has 1 aromatic carbocycles. The summed E-state index contributed by atoms with van der Waals surface area (Å²) in [4.78, 5) is 24.7. The van der Waals surface area contributed by atoms with Crippen LogP contribution in [-0.2, 0) is 14.3 Å². The molecule has 1 atom stereocenters. The van der Waals surface area contributed by atoms with Crippen LogP contribution in [0.3, 0.4) is 0 Å². The number of ether oxygens (including phenoxy) is 1. The SMILES string of the molecule is CCCCCCCCCCCCCCCC(=O)Nc1ccc(N2N=C(OCC)C(C)C2=O)cc1. The first-order valence-corrected chi connectivity index (χ1v) is 13.5. The van der Waals surface area contributed by atoms with Gasteiger partial charge in [0.15, 0.2) is 0 Å². The maximum Gasteiger partial charge on any atom is 0.259 e. The molecular weight excluding hydrogens is 426 g/mol. The molecule has 1 heterocycles. The maximum atomic E-state index is 12.4. The molecule has 0 saturated heterocycles. The normalized spacial score (nSPS) is 15.5. The smallest absolute Gasteiger partial charge is 0.259 e. The summed E-state index contributed by atoms with van der Waals surface area (Å²) in [6.45, 7) is 6.41. The molecule has 1 aromatic rings. The van der Waals surface area contributed by atoms with Crippen molar-refractivity contribution in [3.63, 3.8) is 0 Å². The van der Waals surface area contributed by atoms with Crippen LogP contribution in [0.5, 0.6) is 0 Å². The summed E-state index contributed by atoms with van der Waals surface area (Å²) >= 11 is 0. The number of amides is 2. The topological polar surface area (TPSA) is 71.0 Å². The minimum Gasteiger partial charge on any atom is -0.479 e. The second-order valence-corrected chi connectivity index (χ2v) is 9.33. The van der Waals surface area contributed by atoms with E-state index in [0.717, 1.165) is 18.5 Å². The van der Waals surface area contributed by atoms with Gasteiger partial charge in [-0.3, -0.25) is 9.59 Å². The molecule has 0 saturated carbocycles. The summed E-state index contributed by atoms with van der Waals surface area (Å²) in [5.74, 6) is 0.00308. The molecule has 1 aliphatic heterocycles. The summed E-state index contributed by atoms with van der Waals surface area (Å²) in [7, 11) is 0. The fraction of sp³-hybridized carbons (Fsp3) is 0.679. The number of hydrogen-bond acceptors (Lipinski definition) is 4. The van der Waals surface area contributed by atoms with E-state index in [4.69, 9.17) is 4.74 Å². The molecule has 6 nitrogen and oxygen atoms in total. The molecule has 1 aliphatic rings. The first kappa shape index (κ1) is 27.9. The molecule has 2 rings (SSSR count). The van der Waals surface area contributed by atoms with Gasteiger partial charge in [0.1, 0.15) is 5.92 Å². The first-order valence-electron chi connectivity index (χ1n) is 13.5. The predicted octanol–water partition coefficient (Wildman–Crippen LogP) is 7.44. The highest BCUT2D eigenvalue weighted by molar-refractivity contribution is 6.12. The van der Waals surface area contributed by atoms with Crippen LogP contribution in [0.1, 0.15) is 111 Å². The molecule has 1 unspecified atom stereocenters. The number of anilines is 2. The monoisotopic (exact) mass is 471 g/mol. The highest BCUT2D eigenvalue weighted by atomic mass is 16.5. The third-order valence-corrected chi connectivity index (χ3v) is 6.34. The van der Waals surface area contributed by atoms with Crippen molar-refractivity contribution in [3.05, 3.63) is 24.3 Å². The standard InChI is InChI=1S/C28H45N3O3/c1-4-6-7-8-9-10-11-12-13-14-15-16-17-18-26(32)29-24-19-21-25(22-20-24)31-28(33)23(3)27(30-31)34-5-2/h19-23H,4-18H2,1-3H3,(H,29,32). The predicted molar refractivity (Wildman–Crippen MR) is 141 cm³/mol. The van der Waals surface area contributed by atoms with E-state index < -0.39 is 0 Å². The van der Waals surface area contributed by atoms with Crippen LogP contribution in [0.25, 0.3) is 0 Å². The Morgan fingerprint density at radius 2 is 1.41 bits per heavy atom. The van der Waals surface area contributed by atoms with Crippen LogP contribution in [0.15, 0.2) is 29.4 Å². The number of nitrogens with zero attached hydrogens (tertiary/aromatic N) is 2. The summed E-state index contributed by atoms with van der Waals surface area (Å²) in [6, 6.07) is 7.21. The van der Waals surface area contributed by atoms with Crippen molar-refractivity contribution < 1.29 is 14.3 Å². The fourth-order valence-corrected chi connectivity index (χ4v) is 4.22. The second-order valence-electron chi connectivity index (χ2n) is 9.33. The van der Waals surface area contributed by atoms with Gasteiger partial charge in [0, 0.05) is 12.1 Å². The van der Waals surface area contributed by atoms with Crippen LogP contribution >= 0.6 is 0 Å². The average molecular weight is 472 g/mol. The Kier molecular flexibility index (Phi) is 13.4. The van der Waals surface area contributed by atoms with Gasteiger partial charge >= 0.3 is 0 Å². The van der Waals surface area contributed by atoms with Crippen molar-refractivity contribution in [2.75, 3.05) is 16.9 Å². The van der Waals surface area contributed by atoms with Crippen LogP contribution in [-0.4, -0.2) is 24.3 Å². The Hall–Kier alpha value is -2.37.